The fourth-order valence-corrected chi connectivity index (χ4v) is 1.61. The summed E-state index contributed by atoms with van der Waals surface area (Å²) >= 11 is 5.77. The molecule has 3 nitrogen and oxygen atoms in total. The number of halogens is 2. The lowest BCUT2D eigenvalue weighted by molar-refractivity contribution is 0.255. The van der Waals surface area contributed by atoms with Gasteiger partial charge in [-0.3, -0.25) is 0 Å². The first-order chi connectivity index (χ1) is 9.63. The van der Waals surface area contributed by atoms with E-state index in [2.05, 4.69) is 10.6 Å². The Morgan fingerprint density at radius 2 is 1.70 bits per heavy atom. The monoisotopic (exact) mass is 290 g/mol. The summed E-state index contributed by atoms with van der Waals surface area (Å²) in [6.07, 6.45) is 3.25. The molecular formula is C15H12ClFN2O. The molecule has 2 aromatic rings. The molecule has 0 aromatic heterocycles. The summed E-state index contributed by atoms with van der Waals surface area (Å²) in [7, 11) is 0. The largest absolute Gasteiger partial charge is 0.323 e. The Bertz CT molecular complexity index is 609. The van der Waals surface area contributed by atoms with Gasteiger partial charge in [0.2, 0.25) is 0 Å². The van der Waals surface area contributed by atoms with Crippen LogP contribution in [0, 0.1) is 5.82 Å². The van der Waals surface area contributed by atoms with E-state index < -0.39 is 6.03 Å². The summed E-state index contributed by atoms with van der Waals surface area (Å²) in [5.41, 5.74) is 1.43. The van der Waals surface area contributed by atoms with Gasteiger partial charge in [-0.05, 0) is 48.0 Å². The highest BCUT2D eigenvalue weighted by molar-refractivity contribution is 6.30. The second-order valence-electron chi connectivity index (χ2n) is 3.99. The number of carbonyl (C=O) groups excluding carboxylic acids is 1. The summed E-state index contributed by atoms with van der Waals surface area (Å²) in [5.74, 6) is -0.349. The second kappa shape index (κ2) is 6.73. The number of rotatable bonds is 3. The first-order valence-corrected chi connectivity index (χ1v) is 6.26. The minimum Gasteiger partial charge on any atom is -0.314 e. The molecule has 0 bridgehead atoms. The van der Waals surface area contributed by atoms with Gasteiger partial charge in [0.15, 0.2) is 0 Å². The molecule has 5 heteroatoms. The number of anilines is 1. The molecule has 20 heavy (non-hydrogen) atoms. The van der Waals surface area contributed by atoms with E-state index in [9.17, 15) is 9.18 Å². The van der Waals surface area contributed by atoms with Crippen molar-refractivity contribution >= 4 is 29.4 Å². The fourth-order valence-electron chi connectivity index (χ4n) is 1.49. The SMILES string of the molecule is O=C(N/C=C/c1ccc(Cl)cc1)Nc1ccc(F)cc1. The van der Waals surface area contributed by atoms with Crippen LogP contribution >= 0.6 is 11.6 Å². The van der Waals surface area contributed by atoms with E-state index >= 15 is 0 Å². The Morgan fingerprint density at radius 3 is 2.35 bits per heavy atom. The number of amides is 2. The maximum Gasteiger partial charge on any atom is 0.323 e. The average molecular weight is 291 g/mol. The van der Waals surface area contributed by atoms with E-state index in [4.69, 9.17) is 11.6 Å². The summed E-state index contributed by atoms with van der Waals surface area (Å²) in [4.78, 5) is 11.6. The number of hydrogen-bond donors (Lipinski definition) is 2. The molecule has 0 saturated heterocycles. The van der Waals surface area contributed by atoms with E-state index in [0.717, 1.165) is 5.56 Å². The maximum absolute atomic E-state index is 12.7. The number of benzene rings is 2. The minimum atomic E-state index is -0.401. The molecule has 0 saturated carbocycles. The third-order valence-corrected chi connectivity index (χ3v) is 2.71. The molecule has 2 aromatic carbocycles. The van der Waals surface area contributed by atoms with Crippen LogP contribution in [0.5, 0.6) is 0 Å². The van der Waals surface area contributed by atoms with Crippen LogP contribution < -0.4 is 10.6 Å². The Labute approximate surface area is 121 Å². The van der Waals surface area contributed by atoms with Gasteiger partial charge in [0.05, 0.1) is 0 Å². The van der Waals surface area contributed by atoms with Crippen molar-refractivity contribution in [2.45, 2.75) is 0 Å². The maximum atomic E-state index is 12.7. The van der Waals surface area contributed by atoms with E-state index in [0.29, 0.717) is 10.7 Å². The molecule has 0 radical (unpaired) electrons. The Morgan fingerprint density at radius 1 is 1.05 bits per heavy atom. The van der Waals surface area contributed by atoms with Gasteiger partial charge in [-0.15, -0.1) is 0 Å². The van der Waals surface area contributed by atoms with E-state index in [1.165, 1.54) is 30.5 Å². The van der Waals surface area contributed by atoms with Gasteiger partial charge in [-0.1, -0.05) is 23.7 Å². The first-order valence-electron chi connectivity index (χ1n) is 5.89. The Hall–Kier alpha value is -2.33. The van der Waals surface area contributed by atoms with Crippen molar-refractivity contribution in [3.63, 3.8) is 0 Å². The summed E-state index contributed by atoms with van der Waals surface area (Å²) in [6, 6.07) is 12.3. The molecule has 102 valence electrons. The van der Waals surface area contributed by atoms with Crippen molar-refractivity contribution in [3.05, 3.63) is 71.1 Å². The smallest absolute Gasteiger partial charge is 0.314 e. The van der Waals surface area contributed by atoms with Gasteiger partial charge in [-0.25, -0.2) is 9.18 Å². The van der Waals surface area contributed by atoms with Crippen molar-refractivity contribution in [1.29, 1.82) is 0 Å². The van der Waals surface area contributed by atoms with Crippen LogP contribution in [0.3, 0.4) is 0 Å². The lowest BCUT2D eigenvalue weighted by Gasteiger charge is -2.04. The van der Waals surface area contributed by atoms with E-state index in [-0.39, 0.29) is 5.82 Å². The normalized spacial score (nSPS) is 10.5. The lowest BCUT2D eigenvalue weighted by Crippen LogP contribution is -2.23. The number of urea groups is 1. The quantitative estimate of drug-likeness (QED) is 0.871. The van der Waals surface area contributed by atoms with Crippen LogP contribution in [-0.4, -0.2) is 6.03 Å². The van der Waals surface area contributed by atoms with E-state index in [1.54, 1.807) is 18.2 Å². The zero-order chi connectivity index (χ0) is 14.4. The fraction of sp³-hybridized carbons (Fsp3) is 0. The lowest BCUT2D eigenvalue weighted by atomic mass is 10.2. The highest BCUT2D eigenvalue weighted by atomic mass is 35.5. The van der Waals surface area contributed by atoms with Crippen LogP contribution in [0.4, 0.5) is 14.9 Å². The van der Waals surface area contributed by atoms with Crippen molar-refractivity contribution in [2.75, 3.05) is 5.32 Å². The van der Waals surface area contributed by atoms with Crippen molar-refractivity contribution in [2.24, 2.45) is 0 Å². The van der Waals surface area contributed by atoms with Crippen molar-refractivity contribution in [3.8, 4) is 0 Å². The molecule has 0 aliphatic carbocycles. The van der Waals surface area contributed by atoms with Gasteiger partial charge in [-0.2, -0.15) is 0 Å². The second-order valence-corrected chi connectivity index (χ2v) is 4.43. The Balaban J connectivity index is 1.85. The molecule has 0 aliphatic rings. The average Bonchev–Trinajstić information content (AvgIpc) is 2.44. The van der Waals surface area contributed by atoms with Gasteiger partial charge in [0.1, 0.15) is 5.82 Å². The molecule has 0 aliphatic heterocycles. The molecule has 2 rings (SSSR count). The van der Waals surface area contributed by atoms with Crippen LogP contribution in [0.15, 0.2) is 54.7 Å². The molecule has 0 atom stereocenters. The summed E-state index contributed by atoms with van der Waals surface area (Å²) in [5, 5.41) is 5.78. The molecule has 0 spiro atoms. The van der Waals surface area contributed by atoms with Crippen molar-refractivity contribution in [1.82, 2.24) is 5.32 Å². The van der Waals surface area contributed by atoms with E-state index in [1.807, 2.05) is 12.1 Å². The van der Waals surface area contributed by atoms with Gasteiger partial charge < -0.3 is 10.6 Å². The molecule has 0 fully saturated rings. The van der Waals surface area contributed by atoms with Crippen molar-refractivity contribution < 1.29 is 9.18 Å². The standard InChI is InChI=1S/C15H12ClFN2O/c16-12-3-1-11(2-4-12)9-10-18-15(20)19-14-7-5-13(17)6-8-14/h1-10H,(H2,18,19,20)/b10-9+. The third kappa shape index (κ3) is 4.40. The predicted octanol–water partition coefficient (Wildman–Crippen LogP) is 4.27. The molecule has 0 unspecified atom stereocenters. The summed E-state index contributed by atoms with van der Waals surface area (Å²) in [6.45, 7) is 0. The molecule has 2 N–H and O–H groups in total. The van der Waals surface area contributed by atoms with Crippen LogP contribution in [-0.2, 0) is 0 Å². The third-order valence-electron chi connectivity index (χ3n) is 2.46. The Kier molecular flexibility index (Phi) is 4.74. The first kappa shape index (κ1) is 14.1. The summed E-state index contributed by atoms with van der Waals surface area (Å²) < 4.78 is 12.7. The van der Waals surface area contributed by atoms with Gasteiger partial charge in [0, 0.05) is 16.9 Å². The predicted molar refractivity (Wildman–Crippen MR) is 79.0 cm³/mol. The van der Waals surface area contributed by atoms with Crippen LogP contribution in [0.25, 0.3) is 6.08 Å². The number of nitrogens with one attached hydrogen (secondary N) is 2. The topological polar surface area (TPSA) is 41.1 Å². The van der Waals surface area contributed by atoms with Gasteiger partial charge in [0.25, 0.3) is 0 Å². The van der Waals surface area contributed by atoms with Crippen LogP contribution in [0.1, 0.15) is 5.56 Å². The zero-order valence-corrected chi connectivity index (χ0v) is 11.2. The molecular weight excluding hydrogens is 279 g/mol. The van der Waals surface area contributed by atoms with Gasteiger partial charge >= 0.3 is 6.03 Å². The highest BCUT2D eigenvalue weighted by Gasteiger charge is 1.98. The molecule has 0 heterocycles. The molecule has 2 amide bonds. The minimum absolute atomic E-state index is 0.349. The highest BCUT2D eigenvalue weighted by Crippen LogP contribution is 2.10. The number of carbonyl (C=O) groups is 1. The number of hydrogen-bond acceptors (Lipinski definition) is 1. The van der Waals surface area contributed by atoms with Crippen LogP contribution in [0.2, 0.25) is 5.02 Å². The zero-order valence-electron chi connectivity index (χ0n) is 10.4.